The molecule has 1 aliphatic rings. The fraction of sp³-hybridized carbons (Fsp3) is 0.222. The second-order valence-electron chi connectivity index (χ2n) is 8.70. The maximum Gasteiger partial charge on any atom is 0.256 e. The monoisotopic (exact) mass is 547 g/mol. The summed E-state index contributed by atoms with van der Waals surface area (Å²) >= 11 is 5.56. The summed E-state index contributed by atoms with van der Waals surface area (Å²) in [5.41, 5.74) is 3.74. The van der Waals surface area contributed by atoms with E-state index in [4.69, 9.17) is 21.7 Å². The van der Waals surface area contributed by atoms with Crippen molar-refractivity contribution < 1.29 is 18.7 Å². The van der Waals surface area contributed by atoms with Crippen LogP contribution in [0.25, 0.3) is 11.0 Å². The van der Waals surface area contributed by atoms with Crippen LogP contribution >= 0.6 is 12.2 Å². The molecule has 2 aromatic heterocycles. The zero-order chi connectivity index (χ0) is 27.4. The number of ether oxygens (including phenoxy) is 2. The van der Waals surface area contributed by atoms with Crippen LogP contribution in [-0.2, 0) is 17.9 Å². The second kappa shape index (κ2) is 11.4. The van der Waals surface area contributed by atoms with Crippen molar-refractivity contribution in [2.75, 3.05) is 26.1 Å². The van der Waals surface area contributed by atoms with Crippen LogP contribution in [0.1, 0.15) is 17.7 Å². The standard InChI is InChI=1S/C27H26FN7O3S/c1-37-17-8-6-16(7-9-17)14-35-25-18(12-33-35)22(31-15-32-25)13-30-20-10-11-29-26(36)23(20)27(39)34-21-5-3-4-19(28)24(21)38-2/h3-9,12,15,30H,10-11,13-14H2,1-2H3,(H,29,36)(H,34,39). The summed E-state index contributed by atoms with van der Waals surface area (Å²) in [7, 11) is 3.00. The average molecular weight is 548 g/mol. The largest absolute Gasteiger partial charge is 0.497 e. The highest BCUT2D eigenvalue weighted by atomic mass is 32.1. The van der Waals surface area contributed by atoms with Crippen LogP contribution < -0.4 is 25.4 Å². The van der Waals surface area contributed by atoms with Gasteiger partial charge >= 0.3 is 0 Å². The van der Waals surface area contributed by atoms with Crippen molar-refractivity contribution in [3.05, 3.63) is 83.3 Å². The third-order valence-electron chi connectivity index (χ3n) is 6.31. The van der Waals surface area contributed by atoms with E-state index in [1.807, 2.05) is 28.9 Å². The number of nitrogens with zero attached hydrogens (tertiary/aromatic N) is 4. The second-order valence-corrected chi connectivity index (χ2v) is 9.10. The Hall–Kier alpha value is -4.58. The highest BCUT2D eigenvalue weighted by Crippen LogP contribution is 2.28. The van der Waals surface area contributed by atoms with Crippen molar-refractivity contribution in [1.29, 1.82) is 0 Å². The molecule has 0 aliphatic carbocycles. The van der Waals surface area contributed by atoms with Gasteiger partial charge in [-0.2, -0.15) is 5.10 Å². The van der Waals surface area contributed by atoms with Gasteiger partial charge in [-0.15, -0.1) is 0 Å². The number of hydrogen-bond donors (Lipinski definition) is 3. The van der Waals surface area contributed by atoms with Crippen LogP contribution in [0, 0.1) is 5.82 Å². The summed E-state index contributed by atoms with van der Waals surface area (Å²) in [5.74, 6) is -0.0569. The molecule has 3 N–H and O–H groups in total. The van der Waals surface area contributed by atoms with E-state index in [1.54, 1.807) is 19.4 Å². The first-order chi connectivity index (χ1) is 19.0. The Balaban J connectivity index is 1.36. The fourth-order valence-corrected chi connectivity index (χ4v) is 4.69. The zero-order valence-corrected chi connectivity index (χ0v) is 22.1. The van der Waals surface area contributed by atoms with E-state index in [2.05, 4.69) is 31.0 Å². The molecule has 39 heavy (non-hydrogen) atoms. The van der Waals surface area contributed by atoms with Gasteiger partial charge in [0.1, 0.15) is 17.1 Å². The number of carbonyl (C=O) groups is 1. The molecular weight excluding hydrogens is 521 g/mol. The predicted octanol–water partition coefficient (Wildman–Crippen LogP) is 3.33. The topological polar surface area (TPSA) is 115 Å². The van der Waals surface area contributed by atoms with Gasteiger partial charge in [0.15, 0.2) is 17.2 Å². The van der Waals surface area contributed by atoms with Crippen molar-refractivity contribution in [3.63, 3.8) is 0 Å². The molecule has 0 atom stereocenters. The molecule has 1 aliphatic heterocycles. The van der Waals surface area contributed by atoms with Crippen LogP contribution in [0.15, 0.2) is 66.3 Å². The van der Waals surface area contributed by atoms with E-state index >= 15 is 0 Å². The van der Waals surface area contributed by atoms with Gasteiger partial charge in [0.25, 0.3) is 5.91 Å². The molecule has 0 spiro atoms. The molecular formula is C27H26FN7O3S. The number of hydrogen-bond acceptors (Lipinski definition) is 8. The summed E-state index contributed by atoms with van der Waals surface area (Å²) in [6.45, 7) is 1.32. The van der Waals surface area contributed by atoms with Crippen LogP contribution in [0.2, 0.25) is 0 Å². The molecule has 5 rings (SSSR count). The van der Waals surface area contributed by atoms with E-state index in [-0.39, 0.29) is 22.2 Å². The number of nitrogens with one attached hydrogen (secondary N) is 3. The first kappa shape index (κ1) is 26.0. The van der Waals surface area contributed by atoms with Gasteiger partial charge < -0.3 is 25.4 Å². The number of rotatable bonds is 9. The SMILES string of the molecule is COc1ccc(Cn2ncc3c(CNC4=C(C(=S)Nc5cccc(F)c5OC)C(=O)NCC4)ncnc32)cc1. The Morgan fingerprint density at radius 2 is 1.97 bits per heavy atom. The molecule has 0 saturated heterocycles. The number of halogens is 1. The molecule has 200 valence electrons. The van der Waals surface area contributed by atoms with Gasteiger partial charge in [0.05, 0.1) is 55.8 Å². The number of amides is 1. The Bertz CT molecular complexity index is 1570. The van der Waals surface area contributed by atoms with Gasteiger partial charge in [-0.05, 0) is 29.8 Å². The van der Waals surface area contributed by atoms with Gasteiger partial charge in [-0.3, -0.25) is 4.79 Å². The molecule has 4 aromatic rings. The molecule has 0 bridgehead atoms. The van der Waals surface area contributed by atoms with Crippen molar-refractivity contribution in [2.45, 2.75) is 19.5 Å². The number of fused-ring (bicyclic) bond motifs is 1. The molecule has 1 amide bonds. The lowest BCUT2D eigenvalue weighted by molar-refractivity contribution is -0.117. The lowest BCUT2D eigenvalue weighted by Gasteiger charge is -2.23. The number of benzene rings is 2. The zero-order valence-electron chi connectivity index (χ0n) is 21.3. The molecule has 0 radical (unpaired) electrons. The Morgan fingerprint density at radius 1 is 1.15 bits per heavy atom. The quantitative estimate of drug-likeness (QED) is 0.272. The predicted molar refractivity (Wildman–Crippen MR) is 148 cm³/mol. The van der Waals surface area contributed by atoms with Crippen molar-refractivity contribution in [1.82, 2.24) is 30.4 Å². The highest BCUT2D eigenvalue weighted by Gasteiger charge is 2.25. The summed E-state index contributed by atoms with van der Waals surface area (Å²) in [6.07, 6.45) is 3.77. The van der Waals surface area contributed by atoms with Gasteiger partial charge in [0.2, 0.25) is 0 Å². The van der Waals surface area contributed by atoms with Gasteiger partial charge in [0, 0.05) is 18.7 Å². The lowest BCUT2D eigenvalue weighted by atomic mass is 10.1. The number of anilines is 1. The maximum atomic E-state index is 14.2. The van der Waals surface area contributed by atoms with Crippen molar-refractivity contribution >= 4 is 39.8 Å². The number of para-hydroxylation sites is 1. The molecule has 0 fully saturated rings. The van der Waals surface area contributed by atoms with E-state index in [0.717, 1.165) is 22.4 Å². The minimum Gasteiger partial charge on any atom is -0.497 e. The fourth-order valence-electron chi connectivity index (χ4n) is 4.36. The van der Waals surface area contributed by atoms with E-state index < -0.39 is 5.82 Å². The van der Waals surface area contributed by atoms with Crippen molar-refractivity contribution in [2.24, 2.45) is 0 Å². The average Bonchev–Trinajstić information content (AvgIpc) is 3.35. The third kappa shape index (κ3) is 5.50. The summed E-state index contributed by atoms with van der Waals surface area (Å²) in [6, 6.07) is 12.2. The minimum atomic E-state index is -0.536. The molecule has 0 unspecified atom stereocenters. The molecule has 0 saturated carbocycles. The highest BCUT2D eigenvalue weighted by molar-refractivity contribution is 7.81. The number of aromatic nitrogens is 4. The molecule has 2 aromatic carbocycles. The third-order valence-corrected chi connectivity index (χ3v) is 6.62. The summed E-state index contributed by atoms with van der Waals surface area (Å²) in [4.78, 5) is 21.9. The first-order valence-corrected chi connectivity index (χ1v) is 12.6. The minimum absolute atomic E-state index is 0.0150. The molecule has 12 heteroatoms. The number of methoxy groups -OCH3 is 2. The van der Waals surface area contributed by atoms with Crippen LogP contribution in [-0.4, -0.2) is 51.4 Å². The summed E-state index contributed by atoms with van der Waals surface area (Å²) in [5, 5.41) is 14.4. The maximum absolute atomic E-state index is 14.2. The van der Waals surface area contributed by atoms with E-state index in [9.17, 15) is 9.18 Å². The number of carbonyl (C=O) groups excluding carboxylic acids is 1. The molecule has 3 heterocycles. The Kier molecular flexibility index (Phi) is 7.64. The van der Waals surface area contributed by atoms with Gasteiger partial charge in [-0.25, -0.2) is 19.0 Å². The first-order valence-electron chi connectivity index (χ1n) is 12.2. The normalized spacial score (nSPS) is 13.3. The Morgan fingerprint density at radius 3 is 2.74 bits per heavy atom. The van der Waals surface area contributed by atoms with E-state index in [1.165, 1.54) is 25.6 Å². The van der Waals surface area contributed by atoms with Crippen LogP contribution in [0.5, 0.6) is 11.5 Å². The number of thiocarbonyl (C=S) groups is 1. The van der Waals surface area contributed by atoms with Crippen molar-refractivity contribution in [3.8, 4) is 11.5 Å². The van der Waals surface area contributed by atoms with E-state index in [0.29, 0.717) is 43.1 Å². The van der Waals surface area contributed by atoms with Crippen LogP contribution in [0.3, 0.4) is 0 Å². The smallest absolute Gasteiger partial charge is 0.256 e. The molecule has 10 nitrogen and oxygen atoms in total. The Labute approximate surface area is 229 Å². The lowest BCUT2D eigenvalue weighted by Crippen LogP contribution is -2.39. The van der Waals surface area contributed by atoms with Gasteiger partial charge in [-0.1, -0.05) is 30.4 Å². The van der Waals surface area contributed by atoms with Crippen LogP contribution in [0.4, 0.5) is 10.1 Å². The summed E-state index contributed by atoms with van der Waals surface area (Å²) < 4.78 is 26.4.